The number of fused-ring (bicyclic) bond motifs is 2. The molecule has 0 spiro atoms. The molecule has 1 amide bonds. The van der Waals surface area contributed by atoms with Gasteiger partial charge in [-0.1, -0.05) is 18.6 Å². The van der Waals surface area contributed by atoms with Gasteiger partial charge in [-0.15, -0.1) is 0 Å². The van der Waals surface area contributed by atoms with E-state index in [1.165, 1.54) is 24.8 Å². The summed E-state index contributed by atoms with van der Waals surface area (Å²) in [5, 5.41) is 0. The predicted octanol–water partition coefficient (Wildman–Crippen LogP) is 3.17. The van der Waals surface area contributed by atoms with Crippen LogP contribution in [0, 0.1) is 17.8 Å². The highest BCUT2D eigenvalue weighted by molar-refractivity contribution is 5.79. The van der Waals surface area contributed by atoms with Crippen LogP contribution in [0.15, 0.2) is 24.3 Å². The molecular formula is C21H30N2O2. The molecule has 1 saturated heterocycles. The van der Waals surface area contributed by atoms with Crippen LogP contribution in [0.1, 0.15) is 37.7 Å². The number of carbonyl (C=O) groups excluding carboxylic acids is 1. The second kappa shape index (κ2) is 7.36. The van der Waals surface area contributed by atoms with Crippen molar-refractivity contribution in [3.63, 3.8) is 0 Å². The van der Waals surface area contributed by atoms with Crippen LogP contribution in [0.4, 0.5) is 0 Å². The molecule has 25 heavy (non-hydrogen) atoms. The molecule has 2 saturated carbocycles. The van der Waals surface area contributed by atoms with E-state index in [-0.39, 0.29) is 0 Å². The number of carbonyl (C=O) groups is 1. The lowest BCUT2D eigenvalue weighted by atomic mass is 9.87. The molecule has 0 N–H and O–H groups in total. The molecule has 0 radical (unpaired) electrons. The molecular weight excluding hydrogens is 312 g/mol. The van der Waals surface area contributed by atoms with Crippen molar-refractivity contribution in [3.8, 4) is 5.75 Å². The van der Waals surface area contributed by atoms with Crippen molar-refractivity contribution in [3.05, 3.63) is 29.8 Å². The van der Waals surface area contributed by atoms with Crippen molar-refractivity contribution >= 4 is 5.91 Å². The number of methoxy groups -OCH3 is 1. The van der Waals surface area contributed by atoms with Gasteiger partial charge in [-0.05, 0) is 55.2 Å². The lowest BCUT2D eigenvalue weighted by Crippen LogP contribution is -2.40. The first-order valence-corrected chi connectivity index (χ1v) is 9.87. The second-order valence-corrected chi connectivity index (χ2v) is 8.08. The van der Waals surface area contributed by atoms with E-state index in [0.717, 1.165) is 57.2 Å². The van der Waals surface area contributed by atoms with Gasteiger partial charge in [0, 0.05) is 38.6 Å². The summed E-state index contributed by atoms with van der Waals surface area (Å²) in [6.07, 6.45) is 6.22. The molecule has 2 bridgehead atoms. The summed E-state index contributed by atoms with van der Waals surface area (Å²) >= 11 is 0. The van der Waals surface area contributed by atoms with Gasteiger partial charge in [0.25, 0.3) is 0 Å². The second-order valence-electron chi connectivity index (χ2n) is 8.08. The third-order valence-electron chi connectivity index (χ3n) is 6.52. The van der Waals surface area contributed by atoms with Gasteiger partial charge >= 0.3 is 0 Å². The van der Waals surface area contributed by atoms with Crippen LogP contribution in [-0.2, 0) is 11.3 Å². The fourth-order valence-electron chi connectivity index (χ4n) is 5.12. The Kier molecular flexibility index (Phi) is 4.98. The Bertz CT molecular complexity index is 600. The van der Waals surface area contributed by atoms with Crippen molar-refractivity contribution in [1.82, 2.24) is 9.80 Å². The van der Waals surface area contributed by atoms with Crippen LogP contribution in [0.2, 0.25) is 0 Å². The standard InChI is InChI=1S/C21H30N2O2/c1-25-19-7-4-16(5-8-19)15-22-9-2-10-23(12-11-22)21(24)20-14-17-3-6-18(20)13-17/h4-5,7-8,17-18,20H,2-3,6,9-15H2,1H3. The Morgan fingerprint density at radius 2 is 1.92 bits per heavy atom. The number of rotatable bonds is 4. The lowest BCUT2D eigenvalue weighted by Gasteiger charge is -2.28. The largest absolute Gasteiger partial charge is 0.497 e. The highest BCUT2D eigenvalue weighted by Crippen LogP contribution is 2.48. The summed E-state index contributed by atoms with van der Waals surface area (Å²) in [5.74, 6) is 3.24. The van der Waals surface area contributed by atoms with Crippen LogP contribution >= 0.6 is 0 Å². The van der Waals surface area contributed by atoms with Gasteiger partial charge in [-0.25, -0.2) is 0 Å². The fraction of sp³-hybridized carbons (Fsp3) is 0.667. The maximum atomic E-state index is 13.0. The number of amides is 1. The van der Waals surface area contributed by atoms with Gasteiger partial charge in [0.1, 0.15) is 5.75 Å². The maximum absolute atomic E-state index is 13.0. The molecule has 4 nitrogen and oxygen atoms in total. The van der Waals surface area contributed by atoms with Crippen LogP contribution in [0.3, 0.4) is 0 Å². The van der Waals surface area contributed by atoms with Crippen molar-refractivity contribution < 1.29 is 9.53 Å². The van der Waals surface area contributed by atoms with E-state index in [1.807, 2.05) is 12.1 Å². The molecule has 4 rings (SSSR count). The van der Waals surface area contributed by atoms with Crippen molar-refractivity contribution in [2.75, 3.05) is 33.3 Å². The molecule has 3 atom stereocenters. The van der Waals surface area contributed by atoms with Gasteiger partial charge in [-0.3, -0.25) is 9.69 Å². The summed E-state index contributed by atoms with van der Waals surface area (Å²) in [5.41, 5.74) is 1.31. The third-order valence-corrected chi connectivity index (χ3v) is 6.52. The van der Waals surface area contributed by atoms with Crippen molar-refractivity contribution in [1.29, 1.82) is 0 Å². The summed E-state index contributed by atoms with van der Waals surface area (Å²) < 4.78 is 5.23. The lowest BCUT2D eigenvalue weighted by molar-refractivity contribution is -0.137. The number of ether oxygens (including phenoxy) is 1. The van der Waals surface area contributed by atoms with E-state index in [9.17, 15) is 4.79 Å². The molecule has 3 aliphatic rings. The molecule has 1 heterocycles. The van der Waals surface area contributed by atoms with E-state index >= 15 is 0 Å². The van der Waals surface area contributed by atoms with Crippen molar-refractivity contribution in [2.24, 2.45) is 17.8 Å². The van der Waals surface area contributed by atoms with Crippen LogP contribution in [0.5, 0.6) is 5.75 Å². The van der Waals surface area contributed by atoms with Gasteiger partial charge < -0.3 is 9.64 Å². The highest BCUT2D eigenvalue weighted by atomic mass is 16.5. The molecule has 136 valence electrons. The molecule has 2 aliphatic carbocycles. The molecule has 0 aromatic heterocycles. The Morgan fingerprint density at radius 3 is 2.60 bits per heavy atom. The van der Waals surface area contributed by atoms with Crippen LogP contribution in [-0.4, -0.2) is 49.0 Å². The Hall–Kier alpha value is -1.55. The van der Waals surface area contributed by atoms with E-state index in [2.05, 4.69) is 21.9 Å². The molecule has 1 aliphatic heterocycles. The first-order chi connectivity index (χ1) is 12.2. The number of benzene rings is 1. The molecule has 1 aromatic carbocycles. The average molecular weight is 342 g/mol. The average Bonchev–Trinajstić information content (AvgIpc) is 3.20. The first-order valence-electron chi connectivity index (χ1n) is 9.87. The summed E-state index contributed by atoms with van der Waals surface area (Å²) in [4.78, 5) is 17.6. The number of nitrogens with zero attached hydrogens (tertiary/aromatic N) is 2. The number of hydrogen-bond acceptors (Lipinski definition) is 3. The Labute approximate surface area is 151 Å². The zero-order valence-electron chi connectivity index (χ0n) is 15.3. The van der Waals surface area contributed by atoms with Gasteiger partial charge in [-0.2, -0.15) is 0 Å². The maximum Gasteiger partial charge on any atom is 0.226 e. The smallest absolute Gasteiger partial charge is 0.226 e. The fourth-order valence-corrected chi connectivity index (χ4v) is 5.12. The topological polar surface area (TPSA) is 32.8 Å². The normalized spacial score (nSPS) is 29.6. The van der Waals surface area contributed by atoms with E-state index in [1.54, 1.807) is 7.11 Å². The molecule has 4 heteroatoms. The van der Waals surface area contributed by atoms with Gasteiger partial charge in [0.2, 0.25) is 5.91 Å². The Morgan fingerprint density at radius 1 is 1.08 bits per heavy atom. The van der Waals surface area contributed by atoms with Gasteiger partial charge in [0.15, 0.2) is 0 Å². The van der Waals surface area contributed by atoms with Crippen LogP contribution in [0.25, 0.3) is 0 Å². The summed E-state index contributed by atoms with van der Waals surface area (Å²) in [6, 6.07) is 8.33. The zero-order chi connectivity index (χ0) is 17.2. The molecule has 1 aromatic rings. The van der Waals surface area contributed by atoms with E-state index < -0.39 is 0 Å². The highest BCUT2D eigenvalue weighted by Gasteiger charge is 2.44. The summed E-state index contributed by atoms with van der Waals surface area (Å²) in [6.45, 7) is 4.85. The minimum atomic E-state index is 0.340. The van der Waals surface area contributed by atoms with Crippen LogP contribution < -0.4 is 4.74 Å². The van der Waals surface area contributed by atoms with E-state index in [4.69, 9.17) is 4.74 Å². The first kappa shape index (κ1) is 16.9. The van der Waals surface area contributed by atoms with E-state index in [0.29, 0.717) is 17.7 Å². The minimum Gasteiger partial charge on any atom is -0.497 e. The molecule has 3 unspecified atom stereocenters. The zero-order valence-corrected chi connectivity index (χ0v) is 15.3. The third kappa shape index (κ3) is 3.69. The number of hydrogen-bond donors (Lipinski definition) is 0. The monoisotopic (exact) mass is 342 g/mol. The van der Waals surface area contributed by atoms with Crippen molar-refractivity contribution in [2.45, 2.75) is 38.6 Å². The Balaban J connectivity index is 1.31. The molecule has 3 fully saturated rings. The summed E-state index contributed by atoms with van der Waals surface area (Å²) in [7, 11) is 1.70. The quantitative estimate of drug-likeness (QED) is 0.843. The van der Waals surface area contributed by atoms with Gasteiger partial charge in [0.05, 0.1) is 7.11 Å². The predicted molar refractivity (Wildman–Crippen MR) is 98.4 cm³/mol. The minimum absolute atomic E-state index is 0.340. The SMILES string of the molecule is COc1ccc(CN2CCCN(C(=O)C3CC4CCC3C4)CC2)cc1.